The summed E-state index contributed by atoms with van der Waals surface area (Å²) in [5.41, 5.74) is 3.02. The molecule has 4 nitrogen and oxygen atoms in total. The van der Waals surface area contributed by atoms with Gasteiger partial charge in [-0.3, -0.25) is 4.98 Å². The van der Waals surface area contributed by atoms with Crippen molar-refractivity contribution in [1.82, 2.24) is 4.98 Å². The highest BCUT2D eigenvalue weighted by Gasteiger charge is 2.15. The van der Waals surface area contributed by atoms with Crippen molar-refractivity contribution in [2.45, 2.75) is 26.0 Å². The molecule has 2 aromatic rings. The standard InChI is InChI=1S/C17H22N2O2/c1-13(10-14-6-4-5-7-17(14)21-3)19(2)16-11-18-9-8-15(16)12-20/h4-9,11,13,20H,10,12H2,1-3H3. The summed E-state index contributed by atoms with van der Waals surface area (Å²) >= 11 is 0. The van der Waals surface area contributed by atoms with Gasteiger partial charge >= 0.3 is 0 Å². The summed E-state index contributed by atoms with van der Waals surface area (Å²) < 4.78 is 5.41. The van der Waals surface area contributed by atoms with Gasteiger partial charge < -0.3 is 14.7 Å². The van der Waals surface area contributed by atoms with Crippen molar-refractivity contribution in [3.8, 4) is 5.75 Å². The molecule has 0 saturated heterocycles. The molecule has 0 spiro atoms. The van der Waals surface area contributed by atoms with Crippen LogP contribution in [-0.2, 0) is 13.0 Å². The largest absolute Gasteiger partial charge is 0.496 e. The van der Waals surface area contributed by atoms with Crippen LogP contribution in [0.15, 0.2) is 42.7 Å². The second kappa shape index (κ2) is 7.09. The lowest BCUT2D eigenvalue weighted by Gasteiger charge is -2.28. The summed E-state index contributed by atoms with van der Waals surface area (Å²) in [4.78, 5) is 6.30. The third-order valence-electron chi connectivity index (χ3n) is 3.81. The minimum absolute atomic E-state index is 0.0174. The van der Waals surface area contributed by atoms with E-state index in [0.717, 1.165) is 23.4 Å². The third-order valence-corrected chi connectivity index (χ3v) is 3.81. The Balaban J connectivity index is 2.17. The fourth-order valence-corrected chi connectivity index (χ4v) is 2.43. The second-order valence-corrected chi connectivity index (χ2v) is 5.14. The number of methoxy groups -OCH3 is 1. The molecule has 21 heavy (non-hydrogen) atoms. The molecule has 1 aromatic heterocycles. The normalized spacial score (nSPS) is 12.0. The molecule has 0 fully saturated rings. The summed E-state index contributed by atoms with van der Waals surface area (Å²) in [6.45, 7) is 2.17. The van der Waals surface area contributed by atoms with Crippen LogP contribution in [-0.4, -0.2) is 30.3 Å². The first-order chi connectivity index (χ1) is 10.2. The number of nitrogens with zero attached hydrogens (tertiary/aromatic N) is 2. The van der Waals surface area contributed by atoms with Crippen LogP contribution in [0.4, 0.5) is 5.69 Å². The SMILES string of the molecule is COc1ccccc1CC(C)N(C)c1cnccc1CO. The molecule has 1 heterocycles. The summed E-state index contributed by atoms with van der Waals surface area (Å²) in [7, 11) is 3.72. The van der Waals surface area contributed by atoms with Gasteiger partial charge in [-0.25, -0.2) is 0 Å². The lowest BCUT2D eigenvalue weighted by atomic mass is 10.0. The summed E-state index contributed by atoms with van der Waals surface area (Å²) in [5.74, 6) is 0.909. The van der Waals surface area contributed by atoms with E-state index < -0.39 is 0 Å². The first-order valence-electron chi connectivity index (χ1n) is 7.05. The van der Waals surface area contributed by atoms with Crippen molar-refractivity contribution in [3.63, 3.8) is 0 Å². The fraction of sp³-hybridized carbons (Fsp3) is 0.353. The molecule has 0 aliphatic carbocycles. The third kappa shape index (κ3) is 3.52. The van der Waals surface area contributed by atoms with E-state index >= 15 is 0 Å². The maximum atomic E-state index is 9.45. The number of aliphatic hydroxyl groups excluding tert-OH is 1. The number of hydrogen-bond donors (Lipinski definition) is 1. The highest BCUT2D eigenvalue weighted by Crippen LogP contribution is 2.24. The van der Waals surface area contributed by atoms with Crippen LogP contribution in [0.2, 0.25) is 0 Å². The molecule has 0 saturated carbocycles. The van der Waals surface area contributed by atoms with Crippen LogP contribution in [0, 0.1) is 0 Å². The molecule has 0 bridgehead atoms. The smallest absolute Gasteiger partial charge is 0.122 e. The first-order valence-corrected chi connectivity index (χ1v) is 7.05. The minimum Gasteiger partial charge on any atom is -0.496 e. The number of anilines is 1. The number of rotatable bonds is 6. The van der Waals surface area contributed by atoms with E-state index in [9.17, 15) is 5.11 Å². The minimum atomic E-state index is 0.0174. The van der Waals surface area contributed by atoms with Crippen molar-refractivity contribution in [1.29, 1.82) is 0 Å². The van der Waals surface area contributed by atoms with Crippen molar-refractivity contribution < 1.29 is 9.84 Å². The van der Waals surface area contributed by atoms with E-state index in [1.54, 1.807) is 19.5 Å². The average molecular weight is 286 g/mol. The molecule has 0 aliphatic heterocycles. The second-order valence-electron chi connectivity index (χ2n) is 5.14. The molecular formula is C17H22N2O2. The fourth-order valence-electron chi connectivity index (χ4n) is 2.43. The number of aliphatic hydroxyl groups is 1. The van der Waals surface area contributed by atoms with Crippen LogP contribution in [0.5, 0.6) is 5.75 Å². The summed E-state index contributed by atoms with van der Waals surface area (Å²) in [6.07, 6.45) is 4.36. The molecule has 1 aromatic carbocycles. The van der Waals surface area contributed by atoms with E-state index in [1.807, 2.05) is 31.3 Å². The zero-order valence-corrected chi connectivity index (χ0v) is 12.8. The molecule has 112 valence electrons. The van der Waals surface area contributed by atoms with Gasteiger partial charge in [-0.15, -0.1) is 0 Å². The van der Waals surface area contributed by atoms with Crippen LogP contribution in [0.1, 0.15) is 18.1 Å². The Hall–Kier alpha value is -2.07. The maximum Gasteiger partial charge on any atom is 0.122 e. The number of aromatic nitrogens is 1. The zero-order valence-electron chi connectivity index (χ0n) is 12.8. The van der Waals surface area contributed by atoms with Crippen molar-refractivity contribution in [2.24, 2.45) is 0 Å². The van der Waals surface area contributed by atoms with Crippen LogP contribution >= 0.6 is 0 Å². The molecule has 2 rings (SSSR count). The van der Waals surface area contributed by atoms with Gasteiger partial charge in [0.05, 0.1) is 25.6 Å². The van der Waals surface area contributed by atoms with Gasteiger partial charge in [0.2, 0.25) is 0 Å². The number of benzene rings is 1. The quantitative estimate of drug-likeness (QED) is 0.887. The Kier molecular flexibility index (Phi) is 5.17. The maximum absolute atomic E-state index is 9.45. The first kappa shape index (κ1) is 15.3. The van der Waals surface area contributed by atoms with Gasteiger partial charge in [-0.2, -0.15) is 0 Å². The van der Waals surface area contributed by atoms with Crippen molar-refractivity contribution in [2.75, 3.05) is 19.1 Å². The molecule has 0 radical (unpaired) electrons. The Labute approximate surface area is 126 Å². The van der Waals surface area contributed by atoms with Crippen molar-refractivity contribution in [3.05, 3.63) is 53.9 Å². The Morgan fingerprint density at radius 3 is 2.71 bits per heavy atom. The Morgan fingerprint density at radius 2 is 2.00 bits per heavy atom. The van der Waals surface area contributed by atoms with E-state index in [1.165, 1.54) is 5.56 Å². The zero-order chi connectivity index (χ0) is 15.2. The number of ether oxygens (including phenoxy) is 1. The summed E-state index contributed by atoms with van der Waals surface area (Å²) in [6, 6.07) is 10.2. The monoisotopic (exact) mass is 286 g/mol. The Bertz CT molecular complexity index is 587. The molecule has 1 atom stereocenters. The molecule has 4 heteroatoms. The number of likely N-dealkylation sites (N-methyl/N-ethyl adjacent to an activating group) is 1. The predicted octanol–water partition coefficient (Wildman–Crippen LogP) is 2.65. The topological polar surface area (TPSA) is 45.6 Å². The molecule has 0 aliphatic rings. The highest BCUT2D eigenvalue weighted by atomic mass is 16.5. The Morgan fingerprint density at radius 1 is 1.24 bits per heavy atom. The van der Waals surface area contributed by atoms with E-state index in [4.69, 9.17) is 4.74 Å². The van der Waals surface area contributed by atoms with Gasteiger partial charge in [0, 0.05) is 24.8 Å². The van der Waals surface area contributed by atoms with Crippen molar-refractivity contribution >= 4 is 5.69 Å². The van der Waals surface area contributed by atoms with E-state index in [2.05, 4.69) is 22.9 Å². The van der Waals surface area contributed by atoms with Gasteiger partial charge in [0.1, 0.15) is 5.75 Å². The lowest BCUT2D eigenvalue weighted by Crippen LogP contribution is -2.31. The van der Waals surface area contributed by atoms with Gasteiger partial charge in [-0.05, 0) is 31.0 Å². The van der Waals surface area contributed by atoms with Crippen LogP contribution < -0.4 is 9.64 Å². The lowest BCUT2D eigenvalue weighted by molar-refractivity contribution is 0.282. The van der Waals surface area contributed by atoms with Gasteiger partial charge in [0.15, 0.2) is 0 Å². The molecular weight excluding hydrogens is 264 g/mol. The number of hydrogen-bond acceptors (Lipinski definition) is 4. The van der Waals surface area contributed by atoms with Gasteiger partial charge in [-0.1, -0.05) is 18.2 Å². The van der Waals surface area contributed by atoms with Crippen LogP contribution in [0.3, 0.4) is 0 Å². The number of para-hydroxylation sites is 1. The average Bonchev–Trinajstić information content (AvgIpc) is 2.54. The predicted molar refractivity (Wildman–Crippen MR) is 84.7 cm³/mol. The molecule has 1 N–H and O–H groups in total. The van der Waals surface area contributed by atoms with E-state index in [0.29, 0.717) is 0 Å². The van der Waals surface area contributed by atoms with Gasteiger partial charge in [0.25, 0.3) is 0 Å². The van der Waals surface area contributed by atoms with E-state index in [-0.39, 0.29) is 12.6 Å². The summed E-state index contributed by atoms with van der Waals surface area (Å²) in [5, 5.41) is 9.45. The molecule has 1 unspecified atom stereocenters. The number of pyridine rings is 1. The molecule has 0 amide bonds. The van der Waals surface area contributed by atoms with Crippen LogP contribution in [0.25, 0.3) is 0 Å². The highest BCUT2D eigenvalue weighted by molar-refractivity contribution is 5.52.